The van der Waals surface area contributed by atoms with Gasteiger partial charge in [0.1, 0.15) is 30.5 Å². The Morgan fingerprint density at radius 1 is 1.02 bits per heavy atom. The molecule has 14 heteroatoms. The van der Waals surface area contributed by atoms with Gasteiger partial charge in [-0.1, -0.05) is 6.07 Å². The summed E-state index contributed by atoms with van der Waals surface area (Å²) < 4.78 is 32.3. The van der Waals surface area contributed by atoms with Crippen molar-refractivity contribution in [2.75, 3.05) is 27.4 Å². The van der Waals surface area contributed by atoms with E-state index in [9.17, 15) is 40.2 Å². The molecule has 3 aliphatic rings. The Balaban J connectivity index is 1.56. The number of methoxy groups -OCH3 is 2. The summed E-state index contributed by atoms with van der Waals surface area (Å²) in [6, 6.07) is 4.45. The van der Waals surface area contributed by atoms with Gasteiger partial charge in [-0.25, -0.2) is 9.59 Å². The molecule has 0 radical (unpaired) electrons. The predicted octanol–water partition coefficient (Wildman–Crippen LogP) is -1.28. The highest BCUT2D eigenvalue weighted by atomic mass is 16.8. The van der Waals surface area contributed by atoms with Gasteiger partial charge in [-0.2, -0.15) is 0 Å². The molecule has 1 fully saturated rings. The molecule has 4 rings (SSSR count). The molecule has 41 heavy (non-hydrogen) atoms. The summed E-state index contributed by atoms with van der Waals surface area (Å²) in [6.45, 7) is -1.22. The summed E-state index contributed by atoms with van der Waals surface area (Å²) in [5.41, 5.74) is 0.793. The molecule has 224 valence electrons. The molecule has 2 aliphatic heterocycles. The number of hydrogen-bond acceptors (Lipinski definition) is 14. The molecule has 6 N–H and O–H groups in total. The average Bonchev–Trinajstić information content (AvgIpc) is 3.35. The minimum atomic E-state index is -1.74. The molecule has 0 saturated carbocycles. The van der Waals surface area contributed by atoms with Gasteiger partial charge in [-0.05, 0) is 35.4 Å². The molecule has 0 unspecified atom stereocenters. The first-order chi connectivity index (χ1) is 19.6. The Bertz CT molecular complexity index is 1210. The maximum absolute atomic E-state index is 12.8. The van der Waals surface area contributed by atoms with E-state index in [1.807, 2.05) is 0 Å². The van der Waals surface area contributed by atoms with Gasteiger partial charge in [-0.15, -0.1) is 0 Å². The van der Waals surface area contributed by atoms with Crippen LogP contribution in [0.15, 0.2) is 47.8 Å². The molecular formula is C27H32O14. The van der Waals surface area contributed by atoms with Crippen molar-refractivity contribution in [1.29, 1.82) is 0 Å². The minimum Gasteiger partial charge on any atom is -0.504 e. The van der Waals surface area contributed by atoms with Crippen LogP contribution in [0.4, 0.5) is 0 Å². The Kier molecular flexibility index (Phi) is 9.65. The van der Waals surface area contributed by atoms with Crippen molar-refractivity contribution >= 4 is 18.0 Å². The fourth-order valence-corrected chi connectivity index (χ4v) is 5.01. The minimum absolute atomic E-state index is 0.0177. The smallest absolute Gasteiger partial charge is 0.337 e. The lowest BCUT2D eigenvalue weighted by Crippen LogP contribution is -2.60. The van der Waals surface area contributed by atoms with Crippen LogP contribution in [0.25, 0.3) is 6.08 Å². The van der Waals surface area contributed by atoms with Crippen molar-refractivity contribution in [2.24, 2.45) is 11.8 Å². The number of rotatable bonds is 9. The molecule has 0 bridgehead atoms. The van der Waals surface area contributed by atoms with E-state index in [1.165, 1.54) is 31.4 Å². The number of fused-ring (bicyclic) bond motifs is 1. The van der Waals surface area contributed by atoms with E-state index in [2.05, 4.69) is 0 Å². The molecule has 0 aromatic heterocycles. The normalized spacial score (nSPS) is 32.9. The third-order valence-electron chi connectivity index (χ3n) is 7.12. The van der Waals surface area contributed by atoms with Crippen LogP contribution in [0.2, 0.25) is 0 Å². The summed E-state index contributed by atoms with van der Waals surface area (Å²) in [5.74, 6) is -3.33. The highest BCUT2D eigenvalue weighted by molar-refractivity contribution is 5.90. The topological polar surface area (TPSA) is 211 Å². The Labute approximate surface area is 234 Å². The summed E-state index contributed by atoms with van der Waals surface area (Å²) in [7, 11) is 2.53. The Morgan fingerprint density at radius 2 is 1.78 bits per heavy atom. The summed E-state index contributed by atoms with van der Waals surface area (Å²) in [6.07, 6.45) is -5.22. The lowest BCUT2D eigenvalue weighted by molar-refractivity contribution is -0.340. The number of hydrogen-bond donors (Lipinski definition) is 6. The number of benzene rings is 1. The van der Waals surface area contributed by atoms with Crippen LogP contribution in [0, 0.1) is 11.8 Å². The maximum atomic E-state index is 12.8. The SMILES string of the molecule is COC(=O)C1=CO[C@@H](O[C@@H]2O[C@H](CO)[C@@H](O)[C@H](O)[C@H]2O)[C@@H]2C(CO)=C[C@@H](OC(=O)C=Cc3ccc(O)c(OC)c3)[C@H]12. The Hall–Kier alpha value is -3.50. The van der Waals surface area contributed by atoms with Crippen molar-refractivity contribution in [2.45, 2.75) is 43.1 Å². The second-order valence-electron chi connectivity index (χ2n) is 9.52. The van der Waals surface area contributed by atoms with Gasteiger partial charge in [0.25, 0.3) is 0 Å². The summed E-state index contributed by atoms with van der Waals surface area (Å²) >= 11 is 0. The van der Waals surface area contributed by atoms with E-state index in [-0.39, 0.29) is 22.6 Å². The molecule has 1 saturated heterocycles. The van der Waals surface area contributed by atoms with Crippen LogP contribution in [0.1, 0.15) is 5.56 Å². The van der Waals surface area contributed by atoms with Crippen molar-refractivity contribution < 1.29 is 68.6 Å². The molecule has 0 amide bonds. The van der Waals surface area contributed by atoms with Crippen LogP contribution in [-0.2, 0) is 33.3 Å². The molecule has 1 aromatic rings. The van der Waals surface area contributed by atoms with E-state index in [0.29, 0.717) is 5.56 Å². The van der Waals surface area contributed by atoms with Crippen LogP contribution in [0.3, 0.4) is 0 Å². The number of aliphatic hydroxyl groups is 5. The van der Waals surface area contributed by atoms with Crippen LogP contribution in [0.5, 0.6) is 11.5 Å². The fraction of sp³-hybridized carbons (Fsp3) is 0.481. The van der Waals surface area contributed by atoms with Crippen molar-refractivity contribution in [3.05, 3.63) is 53.3 Å². The zero-order valence-electron chi connectivity index (χ0n) is 22.1. The molecule has 14 nitrogen and oxygen atoms in total. The monoisotopic (exact) mass is 580 g/mol. The second-order valence-corrected chi connectivity index (χ2v) is 9.52. The van der Waals surface area contributed by atoms with Crippen molar-refractivity contribution in [1.82, 2.24) is 0 Å². The number of aromatic hydroxyl groups is 1. The van der Waals surface area contributed by atoms with E-state index in [1.54, 1.807) is 6.07 Å². The lowest BCUT2D eigenvalue weighted by Gasteiger charge is -2.43. The van der Waals surface area contributed by atoms with Gasteiger partial charge in [0.05, 0.1) is 45.2 Å². The third-order valence-corrected chi connectivity index (χ3v) is 7.12. The first-order valence-corrected chi connectivity index (χ1v) is 12.6. The molecule has 1 aromatic carbocycles. The number of ether oxygens (including phenoxy) is 6. The molecular weight excluding hydrogens is 548 g/mol. The van der Waals surface area contributed by atoms with Gasteiger partial charge >= 0.3 is 11.9 Å². The highest BCUT2D eigenvalue weighted by Crippen LogP contribution is 2.45. The summed E-state index contributed by atoms with van der Waals surface area (Å²) in [4.78, 5) is 25.4. The largest absolute Gasteiger partial charge is 0.504 e. The first-order valence-electron chi connectivity index (χ1n) is 12.6. The van der Waals surface area contributed by atoms with Gasteiger partial charge < -0.3 is 59.1 Å². The zero-order valence-corrected chi connectivity index (χ0v) is 22.1. The lowest BCUT2D eigenvalue weighted by atomic mass is 9.82. The van der Waals surface area contributed by atoms with E-state index in [4.69, 9.17) is 28.4 Å². The standard InChI is InChI=1S/C27H32O14/c1-36-16-7-12(3-5-15(16)30)4-6-19(31)39-17-8-13(9-28)20-21(17)14(25(35)37-2)11-38-26(20)41-27-24(34)23(33)22(32)18(10-29)40-27/h3-8,11,17-18,20-24,26-30,32-34H,9-10H2,1-2H3/t17-,18-,20-,21+,22-,23+,24-,26+,27+/m1/s1. The predicted molar refractivity (Wildman–Crippen MR) is 136 cm³/mol. The molecule has 9 atom stereocenters. The molecule has 0 spiro atoms. The average molecular weight is 581 g/mol. The molecule has 1 aliphatic carbocycles. The van der Waals surface area contributed by atoms with Gasteiger partial charge in [0.15, 0.2) is 17.8 Å². The van der Waals surface area contributed by atoms with Crippen molar-refractivity contribution in [3.8, 4) is 11.5 Å². The van der Waals surface area contributed by atoms with Gasteiger partial charge in [0.2, 0.25) is 6.29 Å². The van der Waals surface area contributed by atoms with E-state index >= 15 is 0 Å². The third kappa shape index (κ3) is 6.23. The summed E-state index contributed by atoms with van der Waals surface area (Å²) in [5, 5.41) is 59.9. The van der Waals surface area contributed by atoms with E-state index in [0.717, 1.165) is 19.4 Å². The first kappa shape index (κ1) is 30.5. The van der Waals surface area contributed by atoms with Crippen LogP contribution < -0.4 is 4.74 Å². The quantitative estimate of drug-likeness (QED) is 0.114. The molecule has 2 heterocycles. The number of aliphatic hydroxyl groups excluding tert-OH is 5. The van der Waals surface area contributed by atoms with Gasteiger partial charge in [0, 0.05) is 12.0 Å². The number of esters is 2. The maximum Gasteiger partial charge on any atom is 0.337 e. The highest BCUT2D eigenvalue weighted by Gasteiger charge is 2.53. The Morgan fingerprint density at radius 3 is 2.44 bits per heavy atom. The number of phenols is 1. The number of carbonyl (C=O) groups is 2. The fourth-order valence-electron chi connectivity index (χ4n) is 5.01. The number of phenolic OH excluding ortho intramolecular Hbond substituents is 1. The van der Waals surface area contributed by atoms with Gasteiger partial charge in [-0.3, -0.25) is 0 Å². The second kappa shape index (κ2) is 13.0. The van der Waals surface area contributed by atoms with E-state index < -0.39 is 80.1 Å². The zero-order chi connectivity index (χ0) is 29.8. The van der Waals surface area contributed by atoms with Crippen molar-refractivity contribution in [3.63, 3.8) is 0 Å². The van der Waals surface area contributed by atoms with Crippen LogP contribution in [-0.4, -0.2) is 113 Å². The number of carbonyl (C=O) groups excluding carboxylic acids is 2. The van der Waals surface area contributed by atoms with Crippen LogP contribution >= 0.6 is 0 Å².